The maximum atomic E-state index is 13.1. The normalized spacial score (nSPS) is 21.6. The van der Waals surface area contributed by atoms with Crippen molar-refractivity contribution in [2.75, 3.05) is 6.61 Å². The van der Waals surface area contributed by atoms with Crippen LogP contribution in [0.2, 0.25) is 0 Å². The summed E-state index contributed by atoms with van der Waals surface area (Å²) in [5.41, 5.74) is 0.380. The molecule has 1 aromatic carbocycles. The first-order valence-corrected chi connectivity index (χ1v) is 12.2. The van der Waals surface area contributed by atoms with Crippen LogP contribution in [0.1, 0.15) is 56.2 Å². The van der Waals surface area contributed by atoms with E-state index in [1.54, 1.807) is 63.7 Å². The van der Waals surface area contributed by atoms with Crippen molar-refractivity contribution in [3.8, 4) is 5.75 Å². The van der Waals surface area contributed by atoms with E-state index < -0.39 is 41.3 Å². The Hall–Kier alpha value is -3.96. The van der Waals surface area contributed by atoms with Gasteiger partial charge in [-0.1, -0.05) is 25.1 Å². The molecule has 4 N–H and O–H groups in total. The lowest BCUT2D eigenvalue weighted by molar-refractivity contribution is -0.134. The molecule has 3 rings (SSSR count). The molecule has 1 aromatic heterocycles. The van der Waals surface area contributed by atoms with Crippen molar-refractivity contribution in [3.05, 3.63) is 41.2 Å². The average molecular weight is 514 g/mol. The summed E-state index contributed by atoms with van der Waals surface area (Å²) in [6.45, 7) is 10.9. The van der Waals surface area contributed by atoms with Crippen molar-refractivity contribution >= 4 is 23.6 Å². The molecule has 0 saturated heterocycles. The molecule has 0 spiro atoms. The SMILES string of the molecule is Cc1ccc2cc1OCCn1cc(nn1)CNC(=O)[C@@H](C)NC(=O)[C@H](C(C)C)NC(=O)C(C)(C)NC2=O. The smallest absolute Gasteiger partial charge is 0.252 e. The molecule has 1 aliphatic heterocycles. The maximum Gasteiger partial charge on any atom is 0.252 e. The second kappa shape index (κ2) is 11.4. The lowest BCUT2D eigenvalue weighted by Crippen LogP contribution is -2.61. The highest BCUT2D eigenvalue weighted by atomic mass is 16.5. The van der Waals surface area contributed by atoms with E-state index in [4.69, 9.17) is 4.74 Å². The Morgan fingerprint density at radius 3 is 2.54 bits per heavy atom. The summed E-state index contributed by atoms with van der Waals surface area (Å²) in [7, 11) is 0. The van der Waals surface area contributed by atoms with E-state index in [1.165, 1.54) is 0 Å². The van der Waals surface area contributed by atoms with Crippen LogP contribution in [0.25, 0.3) is 0 Å². The highest BCUT2D eigenvalue weighted by Crippen LogP contribution is 2.20. The fourth-order valence-electron chi connectivity index (χ4n) is 3.64. The van der Waals surface area contributed by atoms with Crippen LogP contribution in [-0.2, 0) is 27.5 Å². The number of rotatable bonds is 1. The van der Waals surface area contributed by atoms with E-state index in [1.807, 2.05) is 6.92 Å². The van der Waals surface area contributed by atoms with Gasteiger partial charge < -0.3 is 26.0 Å². The van der Waals surface area contributed by atoms with Crippen molar-refractivity contribution in [3.63, 3.8) is 0 Å². The standard InChI is InChI=1S/C25H35N7O5/c1-14(2)20-23(35)27-16(4)21(33)26-12-18-13-32(31-30-18)9-10-37-19-11-17(8-7-15(19)3)22(34)29-25(5,6)24(36)28-20/h7-8,11,13-14,16,20H,9-10,12H2,1-6H3,(H,26,33)(H,27,35)(H,28,36)(H,29,34)/t16-,20+/m1/s1. The zero-order chi connectivity index (χ0) is 27.3. The van der Waals surface area contributed by atoms with E-state index >= 15 is 0 Å². The highest BCUT2D eigenvalue weighted by Gasteiger charge is 2.35. The van der Waals surface area contributed by atoms with E-state index in [0.717, 1.165) is 5.56 Å². The fraction of sp³-hybridized carbons (Fsp3) is 0.520. The monoisotopic (exact) mass is 513 g/mol. The average Bonchev–Trinajstić information content (AvgIpc) is 3.28. The molecular weight excluding hydrogens is 478 g/mol. The van der Waals surface area contributed by atoms with E-state index in [0.29, 0.717) is 23.6 Å². The second-order valence-corrected chi connectivity index (χ2v) is 10.0. The van der Waals surface area contributed by atoms with Crippen LogP contribution < -0.4 is 26.0 Å². The van der Waals surface area contributed by atoms with Crippen LogP contribution in [0.4, 0.5) is 0 Å². The Kier molecular flexibility index (Phi) is 8.51. The molecule has 2 heterocycles. The van der Waals surface area contributed by atoms with Crippen molar-refractivity contribution in [2.45, 2.75) is 72.3 Å². The summed E-state index contributed by atoms with van der Waals surface area (Å²) < 4.78 is 7.48. The minimum Gasteiger partial charge on any atom is -0.491 e. The minimum absolute atomic E-state index is 0.132. The lowest BCUT2D eigenvalue weighted by Gasteiger charge is -2.30. The van der Waals surface area contributed by atoms with Crippen LogP contribution in [-0.4, -0.2) is 62.9 Å². The van der Waals surface area contributed by atoms with Gasteiger partial charge in [-0.05, 0) is 51.3 Å². The summed E-state index contributed by atoms with van der Waals surface area (Å²) in [4.78, 5) is 51.7. The number of benzene rings is 1. The van der Waals surface area contributed by atoms with Gasteiger partial charge in [0.1, 0.15) is 35.7 Å². The number of amides is 4. The molecule has 0 radical (unpaired) electrons. The molecule has 0 unspecified atom stereocenters. The van der Waals surface area contributed by atoms with Crippen LogP contribution in [0.3, 0.4) is 0 Å². The molecule has 12 nitrogen and oxygen atoms in total. The van der Waals surface area contributed by atoms with Gasteiger partial charge >= 0.3 is 0 Å². The summed E-state index contributed by atoms with van der Waals surface area (Å²) in [6.07, 6.45) is 1.69. The molecule has 2 atom stereocenters. The first-order chi connectivity index (χ1) is 17.4. The summed E-state index contributed by atoms with van der Waals surface area (Å²) in [5, 5.41) is 18.9. The van der Waals surface area contributed by atoms with Crippen molar-refractivity contribution in [1.82, 2.24) is 36.3 Å². The van der Waals surface area contributed by atoms with E-state index in [9.17, 15) is 19.2 Å². The van der Waals surface area contributed by atoms with Crippen molar-refractivity contribution in [1.29, 1.82) is 0 Å². The van der Waals surface area contributed by atoms with Gasteiger partial charge in [-0.2, -0.15) is 0 Å². The van der Waals surface area contributed by atoms with Gasteiger partial charge in [0, 0.05) is 5.56 Å². The van der Waals surface area contributed by atoms with Gasteiger partial charge in [0.15, 0.2) is 0 Å². The lowest BCUT2D eigenvalue weighted by atomic mass is 9.98. The number of nitrogens with zero attached hydrogens (tertiary/aromatic N) is 3. The molecule has 12 heteroatoms. The predicted molar refractivity (Wildman–Crippen MR) is 134 cm³/mol. The number of aromatic nitrogens is 3. The van der Waals surface area contributed by atoms with Crippen LogP contribution >= 0.6 is 0 Å². The molecule has 4 bridgehead atoms. The van der Waals surface area contributed by atoms with Crippen LogP contribution in [0.5, 0.6) is 5.75 Å². The Balaban J connectivity index is 1.89. The molecule has 1 aliphatic rings. The molecular formula is C25H35N7O5. The van der Waals surface area contributed by atoms with Crippen LogP contribution in [0.15, 0.2) is 24.4 Å². The molecule has 0 fully saturated rings. The van der Waals surface area contributed by atoms with E-state index in [-0.39, 0.29) is 19.1 Å². The molecule has 2 aromatic rings. The Labute approximate surface area is 215 Å². The largest absolute Gasteiger partial charge is 0.491 e. The van der Waals surface area contributed by atoms with Crippen molar-refractivity contribution in [2.24, 2.45) is 5.92 Å². The highest BCUT2D eigenvalue weighted by molar-refractivity contribution is 6.00. The van der Waals surface area contributed by atoms with Gasteiger partial charge in [-0.25, -0.2) is 4.68 Å². The number of ether oxygens (including phenoxy) is 1. The first kappa shape index (κ1) is 27.6. The predicted octanol–water partition coefficient (Wildman–Crippen LogP) is 0.449. The second-order valence-electron chi connectivity index (χ2n) is 10.0. The number of aryl methyl sites for hydroxylation is 1. The number of nitrogens with one attached hydrogen (secondary N) is 4. The van der Waals surface area contributed by atoms with Gasteiger partial charge in [0.25, 0.3) is 5.91 Å². The third kappa shape index (κ3) is 7.05. The third-order valence-corrected chi connectivity index (χ3v) is 6.04. The van der Waals surface area contributed by atoms with Gasteiger partial charge in [0.05, 0.1) is 19.3 Å². The molecule has 0 saturated carbocycles. The zero-order valence-electron chi connectivity index (χ0n) is 22.0. The number of carbonyl (C=O) groups is 4. The first-order valence-electron chi connectivity index (χ1n) is 12.2. The third-order valence-electron chi connectivity index (χ3n) is 6.04. The number of carbonyl (C=O) groups excluding carboxylic acids is 4. The molecule has 200 valence electrons. The number of hydrogen-bond donors (Lipinski definition) is 4. The summed E-state index contributed by atoms with van der Waals surface area (Å²) in [6, 6.07) is 3.26. The Morgan fingerprint density at radius 1 is 1.11 bits per heavy atom. The maximum absolute atomic E-state index is 13.1. The quantitative estimate of drug-likeness (QED) is 0.431. The minimum atomic E-state index is -1.33. The van der Waals surface area contributed by atoms with Gasteiger partial charge in [0.2, 0.25) is 17.7 Å². The summed E-state index contributed by atoms with van der Waals surface area (Å²) in [5.74, 6) is -1.67. The molecule has 37 heavy (non-hydrogen) atoms. The summed E-state index contributed by atoms with van der Waals surface area (Å²) >= 11 is 0. The van der Waals surface area contributed by atoms with E-state index in [2.05, 4.69) is 31.6 Å². The van der Waals surface area contributed by atoms with Crippen molar-refractivity contribution < 1.29 is 23.9 Å². The number of hydrogen-bond acceptors (Lipinski definition) is 7. The van der Waals surface area contributed by atoms with Crippen LogP contribution in [0, 0.1) is 12.8 Å². The topological polar surface area (TPSA) is 156 Å². The fourth-order valence-corrected chi connectivity index (χ4v) is 3.64. The molecule has 4 amide bonds. The van der Waals surface area contributed by atoms with Gasteiger partial charge in [-0.3, -0.25) is 19.2 Å². The number of fused-ring (bicyclic) bond motifs is 4. The Morgan fingerprint density at radius 2 is 1.84 bits per heavy atom. The Bertz CT molecular complexity index is 1170. The van der Waals surface area contributed by atoms with Gasteiger partial charge in [-0.15, -0.1) is 5.10 Å². The molecule has 0 aliphatic carbocycles. The zero-order valence-corrected chi connectivity index (χ0v) is 22.0.